The molecule has 0 saturated carbocycles. The lowest BCUT2D eigenvalue weighted by Gasteiger charge is -2.06. The maximum Gasteiger partial charge on any atom is 0.407 e. The Morgan fingerprint density at radius 1 is 1.17 bits per heavy atom. The molecule has 0 aliphatic rings. The Hall–Kier alpha value is -1.11. The van der Waals surface area contributed by atoms with Crippen LogP contribution in [0.5, 0.6) is 0 Å². The fraction of sp³-hybridized carbons (Fsp3) is 0.750. The van der Waals surface area contributed by atoms with Crippen molar-refractivity contribution in [1.82, 2.24) is 5.32 Å². The van der Waals surface area contributed by atoms with E-state index in [0.29, 0.717) is 33.0 Å². The van der Waals surface area contributed by atoms with Crippen LogP contribution in [0.4, 0.5) is 4.79 Å². The Morgan fingerprint density at radius 2 is 1.89 bits per heavy atom. The van der Waals surface area contributed by atoms with E-state index in [1.165, 1.54) is 0 Å². The van der Waals surface area contributed by atoms with E-state index in [4.69, 9.17) is 19.3 Å². The molecule has 18 heavy (non-hydrogen) atoms. The monoisotopic (exact) mass is 261 g/mol. The van der Waals surface area contributed by atoms with Crippen LogP contribution in [0.3, 0.4) is 0 Å². The summed E-state index contributed by atoms with van der Waals surface area (Å²) in [5.41, 5.74) is 0. The maximum atomic E-state index is 11.1. The van der Waals surface area contributed by atoms with Crippen LogP contribution in [0.1, 0.15) is 13.3 Å². The first-order chi connectivity index (χ1) is 8.81. The zero-order chi connectivity index (χ0) is 13.5. The van der Waals surface area contributed by atoms with E-state index in [-0.39, 0.29) is 13.2 Å². The molecule has 0 aliphatic heterocycles. The molecule has 0 atom stereocenters. The largest absolute Gasteiger partial charge is 0.445 e. The van der Waals surface area contributed by atoms with E-state index in [1.54, 1.807) is 6.08 Å². The van der Waals surface area contributed by atoms with Crippen LogP contribution in [-0.4, -0.2) is 57.4 Å². The van der Waals surface area contributed by atoms with E-state index < -0.39 is 6.09 Å². The third kappa shape index (κ3) is 13.0. The number of hydrogen-bond donors (Lipinski definition) is 2. The topological polar surface area (TPSA) is 77.0 Å². The highest BCUT2D eigenvalue weighted by atomic mass is 16.5. The summed E-state index contributed by atoms with van der Waals surface area (Å²) in [5.74, 6) is 0. The second-order valence-corrected chi connectivity index (χ2v) is 3.35. The summed E-state index contributed by atoms with van der Waals surface area (Å²) >= 11 is 0. The molecule has 6 heteroatoms. The number of carbonyl (C=O) groups excluding carboxylic acids is 1. The van der Waals surface area contributed by atoms with E-state index in [2.05, 4.69) is 5.32 Å². The van der Waals surface area contributed by atoms with Crippen LogP contribution in [0.2, 0.25) is 0 Å². The molecule has 0 aliphatic carbocycles. The Kier molecular flexibility index (Phi) is 13.1. The summed E-state index contributed by atoms with van der Waals surface area (Å²) in [7, 11) is 0. The molecule has 0 radical (unpaired) electrons. The molecule has 0 unspecified atom stereocenters. The van der Waals surface area contributed by atoms with Crippen molar-refractivity contribution in [3.63, 3.8) is 0 Å². The SMILES string of the molecule is CC/C=C\COC(=O)NCCOCCOCCO. The third-order valence-electron chi connectivity index (χ3n) is 1.84. The summed E-state index contributed by atoms with van der Waals surface area (Å²) in [6.07, 6.45) is 4.21. The lowest BCUT2D eigenvalue weighted by Crippen LogP contribution is -2.28. The predicted molar refractivity (Wildman–Crippen MR) is 67.5 cm³/mol. The average Bonchev–Trinajstić information content (AvgIpc) is 2.38. The number of aliphatic hydroxyl groups is 1. The molecule has 0 bridgehead atoms. The van der Waals surface area contributed by atoms with Gasteiger partial charge in [0.05, 0.1) is 33.0 Å². The minimum absolute atomic E-state index is 0.0138. The fourth-order valence-electron chi connectivity index (χ4n) is 1.02. The number of alkyl carbamates (subject to hydrolysis) is 1. The van der Waals surface area contributed by atoms with E-state index in [9.17, 15) is 4.79 Å². The van der Waals surface area contributed by atoms with Crippen molar-refractivity contribution in [2.45, 2.75) is 13.3 Å². The van der Waals surface area contributed by atoms with E-state index in [0.717, 1.165) is 6.42 Å². The summed E-state index contributed by atoms with van der Waals surface area (Å²) in [4.78, 5) is 11.1. The van der Waals surface area contributed by atoms with Crippen LogP contribution < -0.4 is 5.32 Å². The molecule has 6 nitrogen and oxygen atoms in total. The van der Waals surface area contributed by atoms with Crippen molar-refractivity contribution in [3.8, 4) is 0 Å². The van der Waals surface area contributed by atoms with Crippen molar-refractivity contribution in [2.75, 3.05) is 46.2 Å². The molecule has 1 amide bonds. The van der Waals surface area contributed by atoms with Crippen LogP contribution in [-0.2, 0) is 14.2 Å². The van der Waals surface area contributed by atoms with Crippen LogP contribution in [0.25, 0.3) is 0 Å². The fourth-order valence-corrected chi connectivity index (χ4v) is 1.02. The van der Waals surface area contributed by atoms with Gasteiger partial charge in [-0.15, -0.1) is 0 Å². The summed E-state index contributed by atoms with van der Waals surface area (Å²) in [6.45, 7) is 4.31. The highest BCUT2D eigenvalue weighted by Gasteiger charge is 1.98. The van der Waals surface area contributed by atoms with Crippen molar-refractivity contribution in [3.05, 3.63) is 12.2 Å². The van der Waals surface area contributed by atoms with Gasteiger partial charge in [-0.1, -0.05) is 19.1 Å². The first-order valence-corrected chi connectivity index (χ1v) is 6.13. The Bertz CT molecular complexity index is 221. The molecular formula is C12H23NO5. The smallest absolute Gasteiger partial charge is 0.407 e. The molecular weight excluding hydrogens is 238 g/mol. The highest BCUT2D eigenvalue weighted by Crippen LogP contribution is 1.83. The summed E-state index contributed by atoms with van der Waals surface area (Å²) in [5, 5.41) is 11.0. The number of rotatable bonds is 11. The quantitative estimate of drug-likeness (QED) is 0.423. The van der Waals surface area contributed by atoms with Gasteiger partial charge < -0.3 is 24.6 Å². The molecule has 106 valence electrons. The van der Waals surface area contributed by atoms with Crippen molar-refractivity contribution in [1.29, 1.82) is 0 Å². The van der Waals surface area contributed by atoms with Gasteiger partial charge in [-0.05, 0) is 6.42 Å². The van der Waals surface area contributed by atoms with Gasteiger partial charge in [0, 0.05) is 6.54 Å². The van der Waals surface area contributed by atoms with Crippen LogP contribution in [0.15, 0.2) is 12.2 Å². The molecule has 0 saturated heterocycles. The maximum absolute atomic E-state index is 11.1. The van der Waals surface area contributed by atoms with Gasteiger partial charge in [0.25, 0.3) is 0 Å². The van der Waals surface area contributed by atoms with Crippen molar-refractivity contribution < 1.29 is 24.1 Å². The molecule has 0 fully saturated rings. The van der Waals surface area contributed by atoms with Gasteiger partial charge >= 0.3 is 6.09 Å². The average molecular weight is 261 g/mol. The number of amides is 1. The third-order valence-corrected chi connectivity index (χ3v) is 1.84. The van der Waals surface area contributed by atoms with Crippen LogP contribution >= 0.6 is 0 Å². The molecule has 0 spiro atoms. The summed E-state index contributed by atoms with van der Waals surface area (Å²) < 4.78 is 15.0. The Balaban J connectivity index is 3.17. The normalized spacial score (nSPS) is 10.8. The summed E-state index contributed by atoms with van der Waals surface area (Å²) in [6, 6.07) is 0. The van der Waals surface area contributed by atoms with E-state index in [1.807, 2.05) is 13.0 Å². The zero-order valence-corrected chi connectivity index (χ0v) is 10.9. The van der Waals surface area contributed by atoms with E-state index >= 15 is 0 Å². The molecule has 0 aromatic rings. The minimum Gasteiger partial charge on any atom is -0.445 e. The number of hydrogen-bond acceptors (Lipinski definition) is 5. The number of nitrogens with one attached hydrogen (secondary N) is 1. The number of aliphatic hydroxyl groups excluding tert-OH is 1. The first-order valence-electron chi connectivity index (χ1n) is 6.13. The molecule has 0 rings (SSSR count). The molecule has 0 aromatic carbocycles. The second-order valence-electron chi connectivity index (χ2n) is 3.35. The molecule has 2 N–H and O–H groups in total. The zero-order valence-electron chi connectivity index (χ0n) is 10.9. The van der Waals surface area contributed by atoms with Crippen molar-refractivity contribution in [2.24, 2.45) is 0 Å². The number of ether oxygens (including phenoxy) is 3. The number of allylic oxidation sites excluding steroid dienone is 1. The molecule has 0 heterocycles. The van der Waals surface area contributed by atoms with Gasteiger partial charge in [-0.3, -0.25) is 0 Å². The lowest BCUT2D eigenvalue weighted by atomic mass is 10.4. The van der Waals surface area contributed by atoms with Gasteiger partial charge in [0.15, 0.2) is 0 Å². The Morgan fingerprint density at radius 3 is 2.56 bits per heavy atom. The van der Waals surface area contributed by atoms with Gasteiger partial charge in [0.2, 0.25) is 0 Å². The van der Waals surface area contributed by atoms with Gasteiger partial charge in [-0.25, -0.2) is 4.79 Å². The predicted octanol–water partition coefficient (Wildman–Crippen LogP) is 0.704. The first kappa shape index (κ1) is 16.9. The van der Waals surface area contributed by atoms with Gasteiger partial charge in [-0.2, -0.15) is 0 Å². The lowest BCUT2D eigenvalue weighted by molar-refractivity contribution is 0.0338. The standard InChI is InChI=1S/C12H23NO5/c1-2-3-4-7-18-12(15)13-5-8-16-10-11-17-9-6-14/h3-4,14H,2,5-11H2,1H3,(H,13,15)/b4-3-. The van der Waals surface area contributed by atoms with Crippen LogP contribution in [0, 0.1) is 0 Å². The van der Waals surface area contributed by atoms with Gasteiger partial charge in [0.1, 0.15) is 6.61 Å². The highest BCUT2D eigenvalue weighted by molar-refractivity contribution is 5.67. The van der Waals surface area contributed by atoms with Crippen molar-refractivity contribution >= 4 is 6.09 Å². The number of carbonyl (C=O) groups is 1. The second kappa shape index (κ2) is 14.0. The Labute approximate surface area is 108 Å². The molecule has 0 aromatic heterocycles. The minimum atomic E-state index is -0.448.